The molecule has 6 amide bonds. The summed E-state index contributed by atoms with van der Waals surface area (Å²) in [6, 6.07) is 0.565. The fraction of sp³-hybridized carbons (Fsp3) is 0.914. The number of likely N-dealkylation sites (N-methyl/N-ethyl adjacent to an activating group) is 2. The highest BCUT2D eigenvalue weighted by Gasteiger charge is 2.23. The van der Waals surface area contributed by atoms with Gasteiger partial charge >= 0.3 is 0 Å². The lowest BCUT2D eigenvalue weighted by molar-refractivity contribution is -0.134. The Morgan fingerprint density at radius 3 is 1.15 bits per heavy atom. The van der Waals surface area contributed by atoms with Crippen LogP contribution in [-0.2, 0) is 33.5 Å². The highest BCUT2D eigenvalue weighted by atomic mass is 16.5. The highest BCUT2D eigenvalue weighted by Crippen LogP contribution is 2.25. The van der Waals surface area contributed by atoms with Gasteiger partial charge in [-0.05, 0) is 139 Å². The summed E-state index contributed by atoms with van der Waals surface area (Å²) in [5, 5.41) is 14.5. The Morgan fingerprint density at radius 1 is 0.453 bits per heavy atom. The van der Waals surface area contributed by atoms with Crippen molar-refractivity contribution < 1.29 is 38.6 Å². The number of carbonyl (C=O) groups excluding carboxylic acids is 6. The molecule has 16 heteroatoms. The molecule has 0 spiro atoms. The number of aliphatic hydroxyl groups is 1. The van der Waals surface area contributed by atoms with E-state index in [0.29, 0.717) is 64.3 Å². The summed E-state index contributed by atoms with van der Waals surface area (Å²) in [6.07, 6.45) is 10.4. The number of carbonyl (C=O) groups is 6. The summed E-state index contributed by atoms with van der Waals surface area (Å²) in [5.74, 6) is 1.22. The summed E-state index contributed by atoms with van der Waals surface area (Å²) < 4.78 is 5.02. The van der Waals surface area contributed by atoms with Crippen molar-refractivity contribution in [3.05, 3.63) is 0 Å². The van der Waals surface area contributed by atoms with Crippen LogP contribution in [0.3, 0.4) is 0 Å². The van der Waals surface area contributed by atoms with E-state index in [4.69, 9.17) is 9.84 Å². The van der Waals surface area contributed by atoms with Gasteiger partial charge in [0, 0.05) is 125 Å². The topological polar surface area (TPSA) is 175 Å². The lowest BCUT2D eigenvalue weighted by atomic mass is 9.90. The highest BCUT2D eigenvalue weighted by molar-refractivity contribution is 5.78. The molecule has 0 aliphatic heterocycles. The molecule has 3 N–H and O–H groups in total. The van der Waals surface area contributed by atoms with E-state index in [1.807, 2.05) is 77.5 Å². The van der Waals surface area contributed by atoms with Gasteiger partial charge in [-0.1, -0.05) is 145 Å². The van der Waals surface area contributed by atoms with E-state index in [1.54, 1.807) is 19.1 Å². The fourth-order valence-corrected chi connectivity index (χ4v) is 7.41. The van der Waals surface area contributed by atoms with Crippen molar-refractivity contribution in [2.24, 2.45) is 37.9 Å². The zero-order valence-electron chi connectivity index (χ0n) is 63.2. The van der Waals surface area contributed by atoms with Crippen molar-refractivity contribution in [3.63, 3.8) is 0 Å². The Morgan fingerprint density at radius 2 is 0.826 bits per heavy atom. The number of ether oxygens (including phenoxy) is 1. The van der Waals surface area contributed by atoms with Gasteiger partial charge in [-0.15, -0.1) is 0 Å². The smallest absolute Gasteiger partial charge is 0.222 e. The second-order valence-electron chi connectivity index (χ2n) is 32.7. The van der Waals surface area contributed by atoms with Crippen molar-refractivity contribution in [3.8, 4) is 0 Å². The predicted octanol–water partition coefficient (Wildman–Crippen LogP) is 13.3. The SMILES string of the molecule is CC(C)N(C)C(=O)CCC(C)(C)C.CCCN(CCO)C(=O)CCC(C)(C)C.CN(C)CC(C)(C)CNC(=O)CCC(C)(C)C.CN(C)CCN(C)C(=O)CCC(C)(C)C.CNC(=O)CCC(C)(C)C.COCCN(C(=O)CCC(C)(C)C)C(C)C. The quantitative estimate of drug-likeness (QED) is 0.0684. The molecule has 86 heavy (non-hydrogen) atoms. The van der Waals surface area contributed by atoms with Gasteiger partial charge in [0.1, 0.15) is 0 Å². The van der Waals surface area contributed by atoms with Crippen molar-refractivity contribution in [1.82, 2.24) is 40.0 Å². The molecule has 0 saturated heterocycles. The van der Waals surface area contributed by atoms with Crippen molar-refractivity contribution in [2.45, 2.75) is 269 Å². The molecule has 0 heterocycles. The number of hydrogen-bond acceptors (Lipinski definition) is 10. The number of nitrogens with one attached hydrogen (secondary N) is 2. The predicted molar refractivity (Wildman–Crippen MR) is 368 cm³/mol. The minimum Gasteiger partial charge on any atom is -0.395 e. The molecule has 0 aromatic rings. The van der Waals surface area contributed by atoms with Crippen LogP contribution in [0.1, 0.15) is 257 Å². The number of methoxy groups -OCH3 is 1. The van der Waals surface area contributed by atoms with Crippen LogP contribution in [0, 0.1) is 37.9 Å². The van der Waals surface area contributed by atoms with E-state index in [2.05, 4.69) is 173 Å². The molecule has 0 saturated carbocycles. The average molecular weight is 1230 g/mol. The summed E-state index contributed by atoms with van der Waals surface area (Å²) in [7, 11) is 15.3. The molecule has 0 aliphatic rings. The van der Waals surface area contributed by atoms with Crippen LogP contribution in [0.25, 0.3) is 0 Å². The monoisotopic (exact) mass is 1230 g/mol. The maximum atomic E-state index is 12.0. The Hall–Kier alpha value is -3.34. The van der Waals surface area contributed by atoms with Crippen LogP contribution < -0.4 is 10.6 Å². The number of amides is 6. The molecule has 0 aromatic carbocycles. The number of aliphatic hydroxyl groups excluding tert-OH is 1. The lowest BCUT2D eigenvalue weighted by Gasteiger charge is -2.28. The van der Waals surface area contributed by atoms with Crippen LogP contribution in [0.5, 0.6) is 0 Å². The largest absolute Gasteiger partial charge is 0.395 e. The number of hydrogen-bond donors (Lipinski definition) is 3. The first-order valence-electron chi connectivity index (χ1n) is 32.5. The van der Waals surface area contributed by atoms with Crippen molar-refractivity contribution >= 4 is 35.4 Å². The summed E-state index contributed by atoms with van der Waals surface area (Å²) in [4.78, 5) is 81.0. The lowest BCUT2D eigenvalue weighted by Crippen LogP contribution is -2.40. The van der Waals surface area contributed by atoms with Crippen LogP contribution in [0.4, 0.5) is 0 Å². The van der Waals surface area contributed by atoms with E-state index >= 15 is 0 Å². The van der Waals surface area contributed by atoms with E-state index < -0.39 is 0 Å². The Bertz CT molecular complexity index is 1750. The summed E-state index contributed by atoms with van der Waals surface area (Å²) in [5.41, 5.74) is 1.56. The minimum atomic E-state index is 0.0568. The normalized spacial score (nSPS) is 12.0. The third-order valence-electron chi connectivity index (χ3n) is 13.5. The Kier molecular flexibility index (Phi) is 51.9. The first kappa shape index (κ1) is 93.8. The molecule has 0 unspecified atom stereocenters. The number of nitrogens with zero attached hydrogens (tertiary/aromatic N) is 6. The Labute approximate surface area is 533 Å². The third-order valence-corrected chi connectivity index (χ3v) is 13.5. The average Bonchev–Trinajstić information content (AvgIpc) is 3.36. The maximum absolute atomic E-state index is 12.0. The minimum absolute atomic E-state index is 0.0568. The molecule has 0 aliphatic carbocycles. The van der Waals surface area contributed by atoms with E-state index in [-0.39, 0.29) is 86.0 Å². The van der Waals surface area contributed by atoms with E-state index in [1.165, 1.54) is 0 Å². The number of rotatable bonds is 28. The van der Waals surface area contributed by atoms with Crippen LogP contribution in [0.2, 0.25) is 0 Å². The molecule has 0 fully saturated rings. The van der Waals surface area contributed by atoms with E-state index in [9.17, 15) is 28.8 Å². The fourth-order valence-electron chi connectivity index (χ4n) is 7.41. The zero-order valence-corrected chi connectivity index (χ0v) is 63.2. The van der Waals surface area contributed by atoms with Gasteiger partial charge in [-0.25, -0.2) is 0 Å². The zero-order chi connectivity index (χ0) is 69.3. The summed E-state index contributed by atoms with van der Waals surface area (Å²) in [6.45, 7) is 59.4. The Balaban J connectivity index is -0.000000225. The van der Waals surface area contributed by atoms with Gasteiger partial charge < -0.3 is 49.9 Å². The first-order chi connectivity index (χ1) is 38.6. The van der Waals surface area contributed by atoms with Crippen LogP contribution in [-0.4, -0.2) is 198 Å². The molecular formula is C70H148N8O8. The van der Waals surface area contributed by atoms with Crippen LogP contribution >= 0.6 is 0 Å². The third kappa shape index (κ3) is 71.4. The molecule has 0 aromatic heterocycles. The van der Waals surface area contributed by atoms with E-state index in [0.717, 1.165) is 77.7 Å². The first-order valence-corrected chi connectivity index (χ1v) is 32.5. The van der Waals surface area contributed by atoms with Crippen molar-refractivity contribution in [2.75, 3.05) is 115 Å². The molecule has 0 rings (SSSR count). The van der Waals surface area contributed by atoms with Gasteiger partial charge in [0.25, 0.3) is 0 Å². The molecule has 0 bridgehead atoms. The van der Waals surface area contributed by atoms with Gasteiger partial charge in [0.2, 0.25) is 35.4 Å². The maximum Gasteiger partial charge on any atom is 0.222 e. The van der Waals surface area contributed by atoms with Gasteiger partial charge in [0.05, 0.1) is 13.2 Å². The molecular weight excluding hydrogens is 1080 g/mol. The molecule has 0 radical (unpaired) electrons. The second-order valence-corrected chi connectivity index (χ2v) is 32.7. The van der Waals surface area contributed by atoms with Gasteiger partial charge in [-0.2, -0.15) is 0 Å². The van der Waals surface area contributed by atoms with Crippen molar-refractivity contribution in [1.29, 1.82) is 0 Å². The van der Waals surface area contributed by atoms with Crippen LogP contribution in [0.15, 0.2) is 0 Å². The standard InChI is InChI=1S/C14H30N2O.C13H27NO2.C12H26N2O.C12H25NO2.C11H23NO.C8H17NO/c1-13(2,3)9-8-12(17)15-10-14(4,5)11-16(6)7;1-11(2)14(9-10-16-6)12(15)7-8-13(3,4)5;1-12(2,3)8-7-11(15)14(6)10-9-13(4)5;1-5-8-13(9-10-14)11(15)6-7-12(2,3)4;1-9(2)12(6)10(13)7-8-11(3,4)5;1-8(2,3)6-5-7(10)9-4/h8-11H2,1-7H3,(H,15,17);11H,7-10H2,1-6H3;7-10H2,1-6H3;14H,5-10H2,1-4H3;9H,7-8H2,1-6H3;5-6H2,1-4H3,(H,9,10). The molecule has 16 nitrogen and oxygen atoms in total. The molecule has 516 valence electrons. The second kappa shape index (κ2) is 47.6. The van der Waals surface area contributed by atoms with Gasteiger partial charge in [0.15, 0.2) is 0 Å². The molecule has 0 atom stereocenters. The summed E-state index contributed by atoms with van der Waals surface area (Å²) >= 11 is 0. The van der Waals surface area contributed by atoms with Gasteiger partial charge in [-0.3, -0.25) is 28.8 Å².